The SMILES string of the molecule is O=C1NC(=O)/C(=C/c2ccc(OCc3ccc(CCl)cc3)cc2)S1. The highest BCUT2D eigenvalue weighted by Crippen LogP contribution is 2.26. The van der Waals surface area contributed by atoms with Crippen molar-refractivity contribution in [1.82, 2.24) is 5.32 Å². The number of benzene rings is 2. The van der Waals surface area contributed by atoms with Crippen LogP contribution in [0.15, 0.2) is 53.4 Å². The van der Waals surface area contributed by atoms with Crippen LogP contribution in [0.1, 0.15) is 16.7 Å². The maximum absolute atomic E-state index is 11.5. The summed E-state index contributed by atoms with van der Waals surface area (Å²) in [6.45, 7) is 0.468. The summed E-state index contributed by atoms with van der Waals surface area (Å²) in [6, 6.07) is 15.3. The van der Waals surface area contributed by atoms with Crippen molar-refractivity contribution in [1.29, 1.82) is 0 Å². The normalized spacial score (nSPS) is 15.6. The van der Waals surface area contributed by atoms with Crippen LogP contribution in [0.3, 0.4) is 0 Å². The number of alkyl halides is 1. The molecule has 1 aliphatic rings. The first-order chi connectivity index (χ1) is 11.6. The van der Waals surface area contributed by atoms with Crippen molar-refractivity contribution in [3.63, 3.8) is 0 Å². The summed E-state index contributed by atoms with van der Waals surface area (Å²) in [4.78, 5) is 23.0. The predicted molar refractivity (Wildman–Crippen MR) is 95.9 cm³/mol. The zero-order valence-corrected chi connectivity index (χ0v) is 14.2. The van der Waals surface area contributed by atoms with Crippen LogP contribution in [0.4, 0.5) is 4.79 Å². The minimum Gasteiger partial charge on any atom is -0.489 e. The molecule has 2 aromatic carbocycles. The van der Waals surface area contributed by atoms with Crippen molar-refractivity contribution in [2.75, 3.05) is 0 Å². The highest BCUT2D eigenvalue weighted by Gasteiger charge is 2.24. The molecule has 0 saturated carbocycles. The number of halogens is 1. The lowest BCUT2D eigenvalue weighted by Crippen LogP contribution is -2.17. The van der Waals surface area contributed by atoms with E-state index in [0.717, 1.165) is 34.2 Å². The number of thioether (sulfide) groups is 1. The van der Waals surface area contributed by atoms with Crippen LogP contribution < -0.4 is 10.1 Å². The van der Waals surface area contributed by atoms with Crippen LogP contribution >= 0.6 is 23.4 Å². The minimum atomic E-state index is -0.356. The van der Waals surface area contributed by atoms with E-state index in [4.69, 9.17) is 16.3 Å². The van der Waals surface area contributed by atoms with Gasteiger partial charge in [0, 0.05) is 5.88 Å². The van der Waals surface area contributed by atoms with Crippen molar-refractivity contribution >= 4 is 40.6 Å². The van der Waals surface area contributed by atoms with E-state index in [-0.39, 0.29) is 11.1 Å². The first-order valence-electron chi connectivity index (χ1n) is 7.25. The maximum Gasteiger partial charge on any atom is 0.290 e. The van der Waals surface area contributed by atoms with Crippen molar-refractivity contribution in [3.05, 3.63) is 70.1 Å². The van der Waals surface area contributed by atoms with Gasteiger partial charge < -0.3 is 4.74 Å². The molecule has 0 radical (unpaired) electrons. The molecule has 4 nitrogen and oxygen atoms in total. The van der Waals surface area contributed by atoms with Crippen molar-refractivity contribution in [2.45, 2.75) is 12.5 Å². The number of imide groups is 1. The Labute approximate surface area is 148 Å². The molecule has 0 aliphatic carbocycles. The monoisotopic (exact) mass is 359 g/mol. The third-order valence-corrected chi connectivity index (χ3v) is 4.52. The van der Waals surface area contributed by atoms with E-state index in [1.165, 1.54) is 0 Å². The standard InChI is InChI=1S/C18H14ClNO3S/c19-10-13-1-3-14(4-2-13)11-23-15-7-5-12(6-8-15)9-16-17(21)20-18(22)24-16/h1-9H,10-11H2,(H,20,21,22)/b16-9-. The summed E-state index contributed by atoms with van der Waals surface area (Å²) in [5.41, 5.74) is 2.97. The van der Waals surface area contributed by atoms with Crippen molar-refractivity contribution in [3.8, 4) is 5.75 Å². The fraction of sp³-hybridized carbons (Fsp3) is 0.111. The van der Waals surface area contributed by atoms with Crippen LogP contribution in [-0.4, -0.2) is 11.1 Å². The van der Waals surface area contributed by atoms with E-state index < -0.39 is 0 Å². The molecule has 2 aromatic rings. The first kappa shape index (κ1) is 16.6. The van der Waals surface area contributed by atoms with E-state index >= 15 is 0 Å². The summed E-state index contributed by atoms with van der Waals surface area (Å²) < 4.78 is 5.74. The Hall–Kier alpha value is -2.24. The Morgan fingerprint density at radius 2 is 1.67 bits per heavy atom. The minimum absolute atomic E-state index is 0.341. The molecule has 1 fully saturated rings. The van der Waals surface area contributed by atoms with Gasteiger partial charge in [-0.15, -0.1) is 11.6 Å². The molecule has 1 saturated heterocycles. The second-order valence-electron chi connectivity index (χ2n) is 5.16. The summed E-state index contributed by atoms with van der Waals surface area (Å²) >= 11 is 6.67. The second kappa shape index (κ2) is 7.55. The molecule has 1 N–H and O–H groups in total. The van der Waals surface area contributed by atoms with Gasteiger partial charge in [-0.2, -0.15) is 0 Å². The Balaban J connectivity index is 1.61. The predicted octanol–water partition coefficient (Wildman–Crippen LogP) is 4.33. The molecule has 0 atom stereocenters. The molecule has 6 heteroatoms. The molecule has 0 spiro atoms. The number of nitrogens with one attached hydrogen (secondary N) is 1. The lowest BCUT2D eigenvalue weighted by Gasteiger charge is -2.07. The average Bonchev–Trinajstić information content (AvgIpc) is 2.92. The Bertz CT molecular complexity index is 785. The highest BCUT2D eigenvalue weighted by molar-refractivity contribution is 8.18. The van der Waals surface area contributed by atoms with Gasteiger partial charge in [-0.05, 0) is 46.7 Å². The van der Waals surface area contributed by atoms with Crippen LogP contribution in [0.2, 0.25) is 0 Å². The van der Waals surface area contributed by atoms with E-state index in [1.807, 2.05) is 48.5 Å². The van der Waals surface area contributed by atoms with Crippen molar-refractivity contribution in [2.24, 2.45) is 0 Å². The van der Waals surface area contributed by atoms with Crippen LogP contribution in [0, 0.1) is 0 Å². The van der Waals surface area contributed by atoms with Crippen molar-refractivity contribution < 1.29 is 14.3 Å². The largest absolute Gasteiger partial charge is 0.489 e. The van der Waals surface area contributed by atoms with Gasteiger partial charge in [-0.3, -0.25) is 14.9 Å². The summed E-state index contributed by atoms with van der Waals surface area (Å²) in [5.74, 6) is 0.879. The summed E-state index contributed by atoms with van der Waals surface area (Å²) in [6.07, 6.45) is 1.68. The van der Waals surface area contributed by atoms with E-state index in [1.54, 1.807) is 6.08 Å². The number of amides is 2. The zero-order chi connectivity index (χ0) is 16.9. The summed E-state index contributed by atoms with van der Waals surface area (Å²) in [7, 11) is 0. The molecule has 1 aliphatic heterocycles. The van der Waals surface area contributed by atoms with Gasteiger partial charge >= 0.3 is 0 Å². The third-order valence-electron chi connectivity index (χ3n) is 3.40. The molecule has 0 aromatic heterocycles. The van der Waals surface area contributed by atoms with Gasteiger partial charge in [0.25, 0.3) is 11.1 Å². The lowest BCUT2D eigenvalue weighted by molar-refractivity contribution is -0.115. The number of hydrogen-bond donors (Lipinski definition) is 1. The molecular formula is C18H14ClNO3S. The molecule has 122 valence electrons. The third kappa shape index (κ3) is 4.19. The van der Waals surface area contributed by atoms with E-state index in [0.29, 0.717) is 17.4 Å². The molecule has 2 amide bonds. The second-order valence-corrected chi connectivity index (χ2v) is 6.44. The lowest BCUT2D eigenvalue weighted by atomic mass is 10.1. The fourth-order valence-electron chi connectivity index (χ4n) is 2.12. The number of carbonyl (C=O) groups excluding carboxylic acids is 2. The van der Waals surface area contributed by atoms with Gasteiger partial charge in [0.05, 0.1) is 4.91 Å². The van der Waals surface area contributed by atoms with Crippen LogP contribution in [0.5, 0.6) is 5.75 Å². The summed E-state index contributed by atoms with van der Waals surface area (Å²) in [5, 5.41) is 1.89. The number of carbonyl (C=O) groups is 2. The highest BCUT2D eigenvalue weighted by atomic mass is 35.5. The van der Waals surface area contributed by atoms with Crippen LogP contribution in [-0.2, 0) is 17.3 Å². The van der Waals surface area contributed by atoms with E-state index in [2.05, 4.69) is 5.32 Å². The Morgan fingerprint density at radius 3 is 2.25 bits per heavy atom. The first-order valence-corrected chi connectivity index (χ1v) is 8.60. The van der Waals surface area contributed by atoms with Gasteiger partial charge in [-0.1, -0.05) is 36.4 Å². The fourth-order valence-corrected chi connectivity index (χ4v) is 2.98. The molecule has 1 heterocycles. The van der Waals surface area contributed by atoms with E-state index in [9.17, 15) is 9.59 Å². The quantitative estimate of drug-likeness (QED) is 0.637. The average molecular weight is 360 g/mol. The smallest absolute Gasteiger partial charge is 0.290 e. The maximum atomic E-state index is 11.5. The van der Waals surface area contributed by atoms with Gasteiger partial charge in [0.1, 0.15) is 12.4 Å². The van der Waals surface area contributed by atoms with Gasteiger partial charge in [-0.25, -0.2) is 0 Å². The number of hydrogen-bond acceptors (Lipinski definition) is 4. The topological polar surface area (TPSA) is 55.4 Å². The van der Waals surface area contributed by atoms with Crippen LogP contribution in [0.25, 0.3) is 6.08 Å². The molecule has 0 unspecified atom stereocenters. The van der Waals surface area contributed by atoms with Gasteiger partial charge in [0.15, 0.2) is 0 Å². The molecular weight excluding hydrogens is 346 g/mol. The Morgan fingerprint density at radius 1 is 1.00 bits per heavy atom. The zero-order valence-electron chi connectivity index (χ0n) is 12.6. The number of ether oxygens (including phenoxy) is 1. The molecule has 3 rings (SSSR count). The molecule has 0 bridgehead atoms. The Kier molecular flexibility index (Phi) is 5.23. The molecule has 24 heavy (non-hydrogen) atoms. The van der Waals surface area contributed by atoms with Gasteiger partial charge in [0.2, 0.25) is 0 Å². The number of rotatable bonds is 5.